The number of pyridine rings is 1. The van der Waals surface area contributed by atoms with Crippen LogP contribution in [-0.4, -0.2) is 57.3 Å². The number of ether oxygens (including phenoxy) is 1. The number of amides is 1. The zero-order valence-electron chi connectivity index (χ0n) is 23.7. The molecule has 5 rings (SSSR count). The highest BCUT2D eigenvalue weighted by Gasteiger charge is 2.27. The molecule has 0 atom stereocenters. The van der Waals surface area contributed by atoms with Crippen LogP contribution in [0.1, 0.15) is 27.7 Å². The molecule has 1 fully saturated rings. The molecule has 0 spiro atoms. The van der Waals surface area contributed by atoms with Crippen LogP contribution in [0.2, 0.25) is 10.0 Å². The smallest absolute Gasteiger partial charge is 0.410 e. The maximum atomic E-state index is 15.2. The molecule has 0 unspecified atom stereocenters. The molecule has 4 aromatic rings. The number of aromatic nitrogens is 3. The van der Waals surface area contributed by atoms with Crippen molar-refractivity contribution in [3.05, 3.63) is 74.9 Å². The number of piperazine rings is 1. The largest absolute Gasteiger partial charge is 0.444 e. The molecule has 1 saturated heterocycles. The highest BCUT2D eigenvalue weighted by Crippen LogP contribution is 2.31. The Morgan fingerprint density at radius 1 is 1.05 bits per heavy atom. The number of benzene rings is 2. The van der Waals surface area contributed by atoms with Gasteiger partial charge < -0.3 is 19.9 Å². The van der Waals surface area contributed by atoms with Crippen LogP contribution < -0.4 is 15.8 Å². The van der Waals surface area contributed by atoms with Gasteiger partial charge in [-0.1, -0.05) is 29.3 Å². The van der Waals surface area contributed by atoms with Gasteiger partial charge in [-0.05, 0) is 64.1 Å². The Balaban J connectivity index is 1.34. The van der Waals surface area contributed by atoms with Gasteiger partial charge in [-0.3, -0.25) is 9.36 Å². The first kappa shape index (κ1) is 29.6. The number of fused-ring (bicyclic) bond motifs is 1. The lowest BCUT2D eigenvalue weighted by atomic mass is 10.1. The first-order chi connectivity index (χ1) is 19.9. The summed E-state index contributed by atoms with van der Waals surface area (Å²) in [6.07, 6.45) is 1.24. The lowest BCUT2D eigenvalue weighted by Crippen LogP contribution is -2.50. The number of carbonyl (C=O) groups excluding carboxylic acids is 1. The summed E-state index contributed by atoms with van der Waals surface area (Å²) < 4.78 is 22.2. The third kappa shape index (κ3) is 6.29. The van der Waals surface area contributed by atoms with Crippen molar-refractivity contribution in [1.29, 1.82) is 0 Å². The number of carbonyl (C=O) groups is 1. The Kier molecular flexibility index (Phi) is 8.30. The second-order valence-corrected chi connectivity index (χ2v) is 11.8. The monoisotopic (exact) mass is 612 g/mol. The zero-order valence-corrected chi connectivity index (χ0v) is 25.3. The molecule has 0 saturated carbocycles. The van der Waals surface area contributed by atoms with Crippen LogP contribution in [0, 0.1) is 5.82 Å². The number of halogens is 3. The average Bonchev–Trinajstić information content (AvgIpc) is 2.92. The molecular formula is C30H31Cl2FN6O3. The molecule has 12 heteroatoms. The predicted octanol–water partition coefficient (Wildman–Crippen LogP) is 6.73. The number of anilines is 3. The fourth-order valence-electron chi connectivity index (χ4n) is 4.84. The third-order valence-electron chi connectivity index (χ3n) is 6.84. The van der Waals surface area contributed by atoms with E-state index in [1.54, 1.807) is 52.1 Å². The van der Waals surface area contributed by atoms with Gasteiger partial charge in [0.1, 0.15) is 17.1 Å². The summed E-state index contributed by atoms with van der Waals surface area (Å²) in [5.74, 6) is -0.194. The van der Waals surface area contributed by atoms with Gasteiger partial charge in [0.05, 0.1) is 10.7 Å². The van der Waals surface area contributed by atoms with Crippen LogP contribution in [0.15, 0.2) is 53.5 Å². The number of aryl methyl sites for hydroxylation is 1. The minimum atomic E-state index is -0.569. The number of hydrogen-bond donors (Lipinski definition) is 1. The molecule has 1 aliphatic rings. The van der Waals surface area contributed by atoms with Gasteiger partial charge in [0.15, 0.2) is 0 Å². The Bertz CT molecular complexity index is 1710. The minimum Gasteiger partial charge on any atom is -0.444 e. The number of hydrogen-bond acceptors (Lipinski definition) is 7. The minimum absolute atomic E-state index is 0.222. The van der Waals surface area contributed by atoms with Crippen LogP contribution in [0.4, 0.5) is 26.5 Å². The summed E-state index contributed by atoms with van der Waals surface area (Å²) in [6, 6.07) is 11.5. The van der Waals surface area contributed by atoms with Gasteiger partial charge in [-0.15, -0.1) is 0 Å². The summed E-state index contributed by atoms with van der Waals surface area (Å²) in [6.45, 7) is 9.53. The van der Waals surface area contributed by atoms with E-state index < -0.39 is 11.4 Å². The molecule has 1 N–H and O–H groups in total. The molecule has 0 bridgehead atoms. The van der Waals surface area contributed by atoms with E-state index in [4.69, 9.17) is 27.9 Å². The second kappa shape index (κ2) is 11.8. The molecule has 42 heavy (non-hydrogen) atoms. The SMILES string of the molecule is CCn1c(=O)c(-c2ccc(Cl)cc2Cl)cc2cnc(Nc3ccc(N4CCN(C(=O)OC(C)(C)C)CC4)c(F)c3)nc21. The molecule has 0 radical (unpaired) electrons. The van der Waals surface area contributed by atoms with Gasteiger partial charge in [0, 0.05) is 66.1 Å². The first-order valence-corrected chi connectivity index (χ1v) is 14.3. The standard InChI is InChI=1S/C30H31Cl2FN6O3/c1-5-39-26-18(14-22(27(39)40)21-8-6-19(31)15-23(21)32)17-34-28(36-26)35-20-7-9-25(24(33)16-20)37-10-12-38(13-11-37)29(41)42-30(2,3)4/h6-9,14-17H,5,10-13H2,1-4H3,(H,34,35,36). The van der Waals surface area contributed by atoms with E-state index in [9.17, 15) is 9.59 Å². The Morgan fingerprint density at radius 3 is 2.43 bits per heavy atom. The van der Waals surface area contributed by atoms with E-state index in [0.717, 1.165) is 0 Å². The van der Waals surface area contributed by atoms with Crippen molar-refractivity contribution in [3.63, 3.8) is 0 Å². The van der Waals surface area contributed by atoms with Gasteiger partial charge >= 0.3 is 6.09 Å². The normalized spacial score (nSPS) is 13.9. The summed E-state index contributed by atoms with van der Waals surface area (Å²) in [4.78, 5) is 38.2. The molecule has 1 amide bonds. The fraction of sp³-hybridized carbons (Fsp3) is 0.333. The number of rotatable bonds is 5. The van der Waals surface area contributed by atoms with Gasteiger partial charge in [-0.2, -0.15) is 4.98 Å². The van der Waals surface area contributed by atoms with E-state index in [1.165, 1.54) is 6.07 Å². The average molecular weight is 614 g/mol. The van der Waals surface area contributed by atoms with Crippen LogP contribution in [0.25, 0.3) is 22.2 Å². The number of nitrogens with zero attached hydrogens (tertiary/aromatic N) is 5. The van der Waals surface area contributed by atoms with Gasteiger partial charge in [-0.25, -0.2) is 14.2 Å². The van der Waals surface area contributed by atoms with Crippen LogP contribution in [0.5, 0.6) is 0 Å². The summed E-state index contributed by atoms with van der Waals surface area (Å²) in [7, 11) is 0. The van der Waals surface area contributed by atoms with E-state index in [0.29, 0.717) is 76.3 Å². The van der Waals surface area contributed by atoms with Crippen molar-refractivity contribution in [3.8, 4) is 11.1 Å². The van der Waals surface area contributed by atoms with E-state index in [-0.39, 0.29) is 17.6 Å². The van der Waals surface area contributed by atoms with Crippen LogP contribution >= 0.6 is 23.2 Å². The molecule has 2 aromatic carbocycles. The van der Waals surface area contributed by atoms with Crippen molar-refractivity contribution in [2.75, 3.05) is 36.4 Å². The zero-order chi connectivity index (χ0) is 30.2. The molecule has 1 aliphatic heterocycles. The lowest BCUT2D eigenvalue weighted by Gasteiger charge is -2.36. The summed E-state index contributed by atoms with van der Waals surface area (Å²) in [5, 5.41) is 4.54. The molecule has 220 valence electrons. The summed E-state index contributed by atoms with van der Waals surface area (Å²) in [5.41, 5.74) is 1.50. The van der Waals surface area contributed by atoms with E-state index in [1.807, 2.05) is 32.6 Å². The third-order valence-corrected chi connectivity index (χ3v) is 7.39. The molecule has 2 aromatic heterocycles. The van der Waals surface area contributed by atoms with Crippen molar-refractivity contribution in [2.24, 2.45) is 0 Å². The van der Waals surface area contributed by atoms with Crippen molar-refractivity contribution in [2.45, 2.75) is 39.8 Å². The lowest BCUT2D eigenvalue weighted by molar-refractivity contribution is 0.0240. The van der Waals surface area contributed by atoms with Crippen molar-refractivity contribution < 1.29 is 13.9 Å². The maximum absolute atomic E-state index is 15.2. The topological polar surface area (TPSA) is 92.6 Å². The van der Waals surface area contributed by atoms with Crippen molar-refractivity contribution >= 4 is 57.7 Å². The maximum Gasteiger partial charge on any atom is 0.410 e. The quantitative estimate of drug-likeness (QED) is 0.267. The van der Waals surface area contributed by atoms with Crippen molar-refractivity contribution in [1.82, 2.24) is 19.4 Å². The fourth-order valence-corrected chi connectivity index (χ4v) is 5.35. The molecule has 0 aliphatic carbocycles. The predicted molar refractivity (Wildman–Crippen MR) is 165 cm³/mol. The van der Waals surface area contributed by atoms with E-state index in [2.05, 4.69) is 15.3 Å². The highest BCUT2D eigenvalue weighted by molar-refractivity contribution is 6.36. The Hall–Kier alpha value is -3.89. The van der Waals surface area contributed by atoms with E-state index >= 15 is 4.39 Å². The molecule has 3 heterocycles. The van der Waals surface area contributed by atoms with Gasteiger partial charge in [0.25, 0.3) is 5.56 Å². The number of nitrogens with one attached hydrogen (secondary N) is 1. The Labute approximate surface area is 252 Å². The molecule has 9 nitrogen and oxygen atoms in total. The van der Waals surface area contributed by atoms with Crippen LogP contribution in [-0.2, 0) is 11.3 Å². The second-order valence-electron chi connectivity index (χ2n) is 10.9. The molecular weight excluding hydrogens is 582 g/mol. The first-order valence-electron chi connectivity index (χ1n) is 13.6. The Morgan fingerprint density at radius 2 is 1.79 bits per heavy atom. The van der Waals surface area contributed by atoms with Gasteiger partial charge in [0.2, 0.25) is 5.95 Å². The van der Waals surface area contributed by atoms with Crippen LogP contribution in [0.3, 0.4) is 0 Å². The highest BCUT2D eigenvalue weighted by atomic mass is 35.5. The summed E-state index contributed by atoms with van der Waals surface area (Å²) >= 11 is 12.4.